The molecule has 1 aromatic heterocycles. The molecule has 0 spiro atoms. The third-order valence-corrected chi connectivity index (χ3v) is 2.95. The summed E-state index contributed by atoms with van der Waals surface area (Å²) in [6, 6.07) is 12.7. The van der Waals surface area contributed by atoms with Gasteiger partial charge in [-0.3, -0.25) is 9.36 Å². The Labute approximate surface area is 110 Å². The molecule has 0 amide bonds. The molecule has 90 valence electrons. The molecule has 2 aromatic rings. The summed E-state index contributed by atoms with van der Waals surface area (Å²) in [6.07, 6.45) is 3.52. The van der Waals surface area contributed by atoms with Crippen LogP contribution in [0.25, 0.3) is 0 Å². The molecule has 4 heteroatoms. The number of carbonyl (C=O) groups excluding carboxylic acids is 1. The minimum atomic E-state index is -0.447. The van der Waals surface area contributed by atoms with Gasteiger partial charge in [-0.2, -0.15) is 5.26 Å². The van der Waals surface area contributed by atoms with E-state index in [4.69, 9.17) is 16.9 Å². The van der Waals surface area contributed by atoms with Crippen LogP contribution in [0, 0.1) is 11.3 Å². The Morgan fingerprint density at radius 1 is 1.28 bits per heavy atom. The van der Waals surface area contributed by atoms with Crippen LogP contribution in [0.2, 0.25) is 5.02 Å². The van der Waals surface area contributed by atoms with Crippen molar-refractivity contribution in [3.05, 3.63) is 59.4 Å². The maximum Gasteiger partial charge on any atom is 0.232 e. The number of rotatable bonds is 3. The average molecular weight is 259 g/mol. The fourth-order valence-electron chi connectivity index (χ4n) is 1.71. The Balaban J connectivity index is 2.13. The number of nitrogens with zero attached hydrogens (tertiary/aromatic N) is 2. The van der Waals surface area contributed by atoms with Crippen LogP contribution in [0.5, 0.6) is 0 Å². The van der Waals surface area contributed by atoms with E-state index in [9.17, 15) is 4.79 Å². The van der Waals surface area contributed by atoms with Gasteiger partial charge in [-0.1, -0.05) is 23.7 Å². The first-order valence-electron chi connectivity index (χ1n) is 5.52. The van der Waals surface area contributed by atoms with Crippen LogP contribution in [0.3, 0.4) is 0 Å². The standard InChI is InChI=1S/C14H11ClN2O/c15-13-5-3-11(4-6-13)12(10-16)9-14(18)17-7-1-2-8-17/h1-8,12H,9H2/t12-/m0/s1. The van der Waals surface area contributed by atoms with Gasteiger partial charge in [0.1, 0.15) is 0 Å². The summed E-state index contributed by atoms with van der Waals surface area (Å²) in [5.41, 5.74) is 0.808. The smallest absolute Gasteiger partial charge is 0.232 e. The molecule has 1 aromatic carbocycles. The van der Waals surface area contributed by atoms with Gasteiger partial charge in [0, 0.05) is 23.8 Å². The maximum atomic E-state index is 11.9. The van der Waals surface area contributed by atoms with Crippen LogP contribution >= 0.6 is 11.6 Å². The first kappa shape index (κ1) is 12.4. The zero-order valence-electron chi connectivity index (χ0n) is 9.58. The van der Waals surface area contributed by atoms with E-state index in [1.54, 1.807) is 48.8 Å². The summed E-state index contributed by atoms with van der Waals surface area (Å²) in [5, 5.41) is 9.77. The van der Waals surface area contributed by atoms with E-state index in [0.717, 1.165) is 5.56 Å². The summed E-state index contributed by atoms with van der Waals surface area (Å²) < 4.78 is 1.49. The van der Waals surface area contributed by atoms with E-state index in [-0.39, 0.29) is 12.3 Å². The molecule has 0 saturated carbocycles. The molecule has 1 heterocycles. The molecule has 0 unspecified atom stereocenters. The molecule has 2 rings (SSSR count). The van der Waals surface area contributed by atoms with Crippen LogP contribution in [0.15, 0.2) is 48.8 Å². The normalized spacial score (nSPS) is 11.8. The van der Waals surface area contributed by atoms with E-state index >= 15 is 0 Å². The Hall–Kier alpha value is -2.05. The maximum absolute atomic E-state index is 11.9. The Morgan fingerprint density at radius 3 is 2.44 bits per heavy atom. The minimum absolute atomic E-state index is 0.0958. The lowest BCUT2D eigenvalue weighted by molar-refractivity contribution is 0.0899. The second-order valence-corrected chi connectivity index (χ2v) is 4.36. The van der Waals surface area contributed by atoms with Crippen molar-refractivity contribution in [2.24, 2.45) is 0 Å². The second-order valence-electron chi connectivity index (χ2n) is 3.92. The monoisotopic (exact) mass is 258 g/mol. The quantitative estimate of drug-likeness (QED) is 0.846. The van der Waals surface area contributed by atoms with Gasteiger partial charge in [0.2, 0.25) is 5.91 Å². The van der Waals surface area contributed by atoms with Gasteiger partial charge < -0.3 is 0 Å². The molecule has 0 radical (unpaired) electrons. The Bertz CT molecular complexity index is 567. The molecule has 0 bridgehead atoms. The largest absolute Gasteiger partial charge is 0.295 e. The first-order chi connectivity index (χ1) is 8.70. The zero-order valence-corrected chi connectivity index (χ0v) is 10.3. The molecule has 0 saturated heterocycles. The number of benzene rings is 1. The number of nitriles is 1. The molecule has 0 aliphatic heterocycles. The van der Waals surface area contributed by atoms with E-state index in [1.807, 2.05) is 0 Å². The van der Waals surface area contributed by atoms with E-state index < -0.39 is 5.92 Å². The van der Waals surface area contributed by atoms with Crippen LogP contribution in [-0.2, 0) is 0 Å². The second kappa shape index (κ2) is 5.52. The van der Waals surface area contributed by atoms with Gasteiger partial charge in [0.25, 0.3) is 0 Å². The molecule has 1 atom stereocenters. The van der Waals surface area contributed by atoms with Gasteiger partial charge in [0.05, 0.1) is 12.0 Å². The molecule has 0 N–H and O–H groups in total. The number of carbonyl (C=O) groups is 1. The Morgan fingerprint density at radius 2 is 1.89 bits per heavy atom. The van der Waals surface area contributed by atoms with E-state index in [2.05, 4.69) is 6.07 Å². The van der Waals surface area contributed by atoms with Gasteiger partial charge in [0.15, 0.2) is 0 Å². The van der Waals surface area contributed by atoms with Crippen molar-refractivity contribution in [1.29, 1.82) is 5.26 Å². The van der Waals surface area contributed by atoms with Crippen molar-refractivity contribution < 1.29 is 4.79 Å². The highest BCUT2D eigenvalue weighted by Gasteiger charge is 2.16. The molecule has 0 fully saturated rings. The average Bonchev–Trinajstić information content (AvgIpc) is 2.91. The van der Waals surface area contributed by atoms with Crippen molar-refractivity contribution >= 4 is 17.5 Å². The highest BCUT2D eigenvalue weighted by atomic mass is 35.5. The van der Waals surface area contributed by atoms with Gasteiger partial charge in [-0.15, -0.1) is 0 Å². The van der Waals surface area contributed by atoms with Crippen LogP contribution in [-0.4, -0.2) is 10.5 Å². The molecule has 3 nitrogen and oxygen atoms in total. The van der Waals surface area contributed by atoms with Crippen LogP contribution in [0.4, 0.5) is 0 Å². The molecular weight excluding hydrogens is 248 g/mol. The third-order valence-electron chi connectivity index (χ3n) is 2.70. The van der Waals surface area contributed by atoms with Gasteiger partial charge >= 0.3 is 0 Å². The predicted octanol–water partition coefficient (Wildman–Crippen LogP) is 3.48. The Kier molecular flexibility index (Phi) is 3.81. The molecule has 0 aliphatic rings. The summed E-state index contributed by atoms with van der Waals surface area (Å²) in [4.78, 5) is 11.9. The highest BCUT2D eigenvalue weighted by Crippen LogP contribution is 2.21. The van der Waals surface area contributed by atoms with Crippen molar-refractivity contribution in [3.63, 3.8) is 0 Å². The zero-order chi connectivity index (χ0) is 13.0. The summed E-state index contributed by atoms with van der Waals surface area (Å²) in [7, 11) is 0. The van der Waals surface area contributed by atoms with Crippen molar-refractivity contribution in [1.82, 2.24) is 4.57 Å². The van der Waals surface area contributed by atoms with Crippen LogP contribution < -0.4 is 0 Å². The first-order valence-corrected chi connectivity index (χ1v) is 5.90. The van der Waals surface area contributed by atoms with Gasteiger partial charge in [-0.05, 0) is 29.8 Å². The van der Waals surface area contributed by atoms with Gasteiger partial charge in [-0.25, -0.2) is 0 Å². The summed E-state index contributed by atoms with van der Waals surface area (Å²) in [5.74, 6) is -0.543. The summed E-state index contributed by atoms with van der Waals surface area (Å²) >= 11 is 5.79. The fourth-order valence-corrected chi connectivity index (χ4v) is 1.84. The molecule has 0 aliphatic carbocycles. The van der Waals surface area contributed by atoms with Crippen molar-refractivity contribution in [3.8, 4) is 6.07 Å². The topological polar surface area (TPSA) is 45.8 Å². The van der Waals surface area contributed by atoms with Crippen LogP contribution in [0.1, 0.15) is 22.7 Å². The lowest BCUT2D eigenvalue weighted by atomic mass is 9.97. The fraction of sp³-hybridized carbons (Fsp3) is 0.143. The number of halogens is 1. The van der Waals surface area contributed by atoms with E-state index in [1.165, 1.54) is 4.57 Å². The number of hydrogen-bond donors (Lipinski definition) is 0. The number of hydrogen-bond acceptors (Lipinski definition) is 2. The van der Waals surface area contributed by atoms with Crippen molar-refractivity contribution in [2.45, 2.75) is 12.3 Å². The van der Waals surface area contributed by atoms with Crippen molar-refractivity contribution in [2.75, 3.05) is 0 Å². The predicted molar refractivity (Wildman–Crippen MR) is 69.5 cm³/mol. The lowest BCUT2D eigenvalue weighted by Crippen LogP contribution is -2.12. The SMILES string of the molecule is N#C[C@H](CC(=O)n1cccc1)c1ccc(Cl)cc1. The molecular formula is C14H11ClN2O. The number of aromatic nitrogens is 1. The highest BCUT2D eigenvalue weighted by molar-refractivity contribution is 6.30. The van der Waals surface area contributed by atoms with E-state index in [0.29, 0.717) is 5.02 Å². The minimum Gasteiger partial charge on any atom is -0.295 e. The third kappa shape index (κ3) is 2.79. The molecule has 18 heavy (non-hydrogen) atoms. The summed E-state index contributed by atoms with van der Waals surface area (Å²) in [6.45, 7) is 0. The lowest BCUT2D eigenvalue weighted by Gasteiger charge is -2.09.